The predicted molar refractivity (Wildman–Crippen MR) is 43.2 cm³/mol. The first-order chi connectivity index (χ1) is 6.09. The van der Waals surface area contributed by atoms with Crippen molar-refractivity contribution >= 4 is 0 Å². The highest BCUT2D eigenvalue weighted by atomic mass is 19.1. The van der Waals surface area contributed by atoms with Gasteiger partial charge in [-0.25, -0.2) is 4.39 Å². The zero-order valence-electron chi connectivity index (χ0n) is 6.68. The largest absolute Gasteiger partial charge is 0.382 e. The summed E-state index contributed by atoms with van der Waals surface area (Å²) in [4.78, 5) is 9.40. The van der Waals surface area contributed by atoms with Crippen LogP contribution in [-0.4, -0.2) is 16.6 Å². The smallest absolute Gasteiger partial charge is 0.233 e. The van der Waals surface area contributed by atoms with Gasteiger partial charge in [-0.3, -0.25) is 10.1 Å². The van der Waals surface area contributed by atoms with Gasteiger partial charge in [0.1, 0.15) is 11.9 Å². The van der Waals surface area contributed by atoms with Crippen molar-refractivity contribution in [1.82, 2.24) is 0 Å². The number of aliphatic hydroxyl groups is 1. The number of hydrogen-bond acceptors (Lipinski definition) is 3. The third-order valence-corrected chi connectivity index (χ3v) is 1.58. The van der Waals surface area contributed by atoms with Crippen molar-refractivity contribution < 1.29 is 14.4 Å². The van der Waals surface area contributed by atoms with Gasteiger partial charge in [0.2, 0.25) is 6.54 Å². The molecule has 0 saturated carbocycles. The van der Waals surface area contributed by atoms with Crippen LogP contribution in [0.4, 0.5) is 4.39 Å². The summed E-state index contributed by atoms with van der Waals surface area (Å²) in [6, 6.07) is 4.95. The van der Waals surface area contributed by atoms with E-state index in [0.29, 0.717) is 5.56 Å². The van der Waals surface area contributed by atoms with Crippen molar-refractivity contribution in [1.29, 1.82) is 0 Å². The van der Waals surface area contributed by atoms with E-state index < -0.39 is 23.4 Å². The van der Waals surface area contributed by atoms with Gasteiger partial charge < -0.3 is 5.11 Å². The fourth-order valence-corrected chi connectivity index (χ4v) is 0.932. The maximum Gasteiger partial charge on any atom is 0.233 e. The summed E-state index contributed by atoms with van der Waals surface area (Å²) in [7, 11) is 0. The molecule has 70 valence electrons. The zero-order chi connectivity index (χ0) is 9.84. The second kappa shape index (κ2) is 3.95. The molecule has 1 aromatic carbocycles. The van der Waals surface area contributed by atoms with E-state index in [1.54, 1.807) is 0 Å². The zero-order valence-corrected chi connectivity index (χ0v) is 6.68. The summed E-state index contributed by atoms with van der Waals surface area (Å²) < 4.78 is 12.4. The minimum atomic E-state index is -1.17. The highest BCUT2D eigenvalue weighted by molar-refractivity contribution is 5.18. The highest BCUT2D eigenvalue weighted by Crippen LogP contribution is 2.12. The minimum absolute atomic E-state index is 0.345. The van der Waals surface area contributed by atoms with E-state index >= 15 is 0 Å². The Kier molecular flexibility index (Phi) is 2.92. The fraction of sp³-hybridized carbons (Fsp3) is 0.250. The van der Waals surface area contributed by atoms with Gasteiger partial charge >= 0.3 is 0 Å². The quantitative estimate of drug-likeness (QED) is 0.567. The second-order valence-electron chi connectivity index (χ2n) is 2.58. The van der Waals surface area contributed by atoms with Gasteiger partial charge in [0, 0.05) is 4.92 Å². The van der Waals surface area contributed by atoms with Gasteiger partial charge in [0.25, 0.3) is 0 Å². The van der Waals surface area contributed by atoms with Crippen LogP contribution in [0.25, 0.3) is 0 Å². The molecule has 0 radical (unpaired) electrons. The molecule has 0 fully saturated rings. The van der Waals surface area contributed by atoms with E-state index in [4.69, 9.17) is 0 Å². The van der Waals surface area contributed by atoms with Crippen LogP contribution in [0.5, 0.6) is 0 Å². The predicted octanol–water partition coefficient (Wildman–Crippen LogP) is 1.14. The van der Waals surface area contributed by atoms with E-state index in [1.165, 1.54) is 12.1 Å². The van der Waals surface area contributed by atoms with Gasteiger partial charge in [-0.2, -0.15) is 0 Å². The first-order valence-electron chi connectivity index (χ1n) is 3.65. The highest BCUT2D eigenvalue weighted by Gasteiger charge is 2.13. The van der Waals surface area contributed by atoms with Crippen LogP contribution in [0, 0.1) is 15.9 Å². The van der Waals surface area contributed by atoms with Gasteiger partial charge in [0.15, 0.2) is 0 Å². The van der Waals surface area contributed by atoms with Gasteiger partial charge in [-0.05, 0) is 17.7 Å². The Morgan fingerprint density at radius 1 is 1.46 bits per heavy atom. The van der Waals surface area contributed by atoms with E-state index in [2.05, 4.69) is 0 Å². The second-order valence-corrected chi connectivity index (χ2v) is 2.58. The molecular formula is C8H8FNO3. The molecule has 0 aliphatic rings. The molecule has 0 unspecified atom stereocenters. The topological polar surface area (TPSA) is 63.4 Å². The maximum atomic E-state index is 12.4. The number of nitrogens with zero attached hydrogens (tertiary/aromatic N) is 1. The molecule has 1 atom stereocenters. The monoisotopic (exact) mass is 185 g/mol. The van der Waals surface area contributed by atoms with Gasteiger partial charge in [-0.15, -0.1) is 0 Å². The molecule has 5 heteroatoms. The molecule has 0 spiro atoms. The molecule has 0 bridgehead atoms. The number of nitro groups is 1. The number of rotatable bonds is 3. The molecule has 1 rings (SSSR count). The van der Waals surface area contributed by atoms with Gasteiger partial charge in [0.05, 0.1) is 0 Å². The molecule has 4 nitrogen and oxygen atoms in total. The van der Waals surface area contributed by atoms with Crippen molar-refractivity contribution in [3.8, 4) is 0 Å². The lowest BCUT2D eigenvalue weighted by Gasteiger charge is -2.04. The van der Waals surface area contributed by atoms with E-state index in [1.807, 2.05) is 0 Å². The lowest BCUT2D eigenvalue weighted by molar-refractivity contribution is -0.491. The lowest BCUT2D eigenvalue weighted by Crippen LogP contribution is -2.11. The Hall–Kier alpha value is -1.49. The van der Waals surface area contributed by atoms with Crippen LogP contribution in [0.3, 0.4) is 0 Å². The Morgan fingerprint density at radius 3 is 2.46 bits per heavy atom. The number of halogens is 1. The van der Waals surface area contributed by atoms with Crippen LogP contribution >= 0.6 is 0 Å². The Bertz CT molecular complexity index is 299. The molecule has 0 aromatic heterocycles. The Morgan fingerprint density at radius 2 is 2.00 bits per heavy atom. The third-order valence-electron chi connectivity index (χ3n) is 1.58. The molecular weight excluding hydrogens is 177 g/mol. The molecule has 0 aliphatic carbocycles. The van der Waals surface area contributed by atoms with Crippen molar-refractivity contribution in [2.45, 2.75) is 6.10 Å². The van der Waals surface area contributed by atoms with Crippen molar-refractivity contribution in [3.05, 3.63) is 45.8 Å². The van der Waals surface area contributed by atoms with Crippen molar-refractivity contribution in [2.24, 2.45) is 0 Å². The summed E-state index contributed by atoms with van der Waals surface area (Å²) in [5.41, 5.74) is 0.345. The van der Waals surface area contributed by atoms with Crippen molar-refractivity contribution in [2.75, 3.05) is 6.54 Å². The lowest BCUT2D eigenvalue weighted by atomic mass is 10.1. The van der Waals surface area contributed by atoms with Crippen LogP contribution in [0.2, 0.25) is 0 Å². The number of aliphatic hydroxyl groups excluding tert-OH is 1. The average molecular weight is 185 g/mol. The van der Waals surface area contributed by atoms with E-state index in [0.717, 1.165) is 12.1 Å². The number of hydrogen-bond donors (Lipinski definition) is 1. The third kappa shape index (κ3) is 2.79. The van der Waals surface area contributed by atoms with E-state index in [-0.39, 0.29) is 0 Å². The first kappa shape index (κ1) is 9.60. The molecule has 0 saturated heterocycles. The molecule has 0 heterocycles. The van der Waals surface area contributed by atoms with Crippen LogP contribution in [0.1, 0.15) is 11.7 Å². The first-order valence-corrected chi connectivity index (χ1v) is 3.65. The fourth-order valence-electron chi connectivity index (χ4n) is 0.932. The Labute approximate surface area is 73.8 Å². The molecule has 13 heavy (non-hydrogen) atoms. The SMILES string of the molecule is O=[N+]([O-])C[C@H](O)c1ccc(F)cc1. The number of benzene rings is 1. The summed E-state index contributed by atoms with van der Waals surface area (Å²) in [6.45, 7) is -0.564. The Balaban J connectivity index is 2.71. The van der Waals surface area contributed by atoms with Gasteiger partial charge in [-0.1, -0.05) is 12.1 Å². The molecule has 1 aromatic rings. The summed E-state index contributed by atoms with van der Waals surface area (Å²) in [5, 5.41) is 19.2. The van der Waals surface area contributed by atoms with Crippen LogP contribution < -0.4 is 0 Å². The average Bonchev–Trinajstić information content (AvgIpc) is 2.04. The summed E-state index contributed by atoms with van der Waals surface area (Å²) in [6.07, 6.45) is -1.17. The summed E-state index contributed by atoms with van der Waals surface area (Å²) >= 11 is 0. The van der Waals surface area contributed by atoms with E-state index in [9.17, 15) is 19.6 Å². The van der Waals surface area contributed by atoms with Crippen molar-refractivity contribution in [3.63, 3.8) is 0 Å². The normalized spacial score (nSPS) is 12.5. The van der Waals surface area contributed by atoms with Crippen LogP contribution in [-0.2, 0) is 0 Å². The standard InChI is InChI=1S/C8H8FNO3/c9-7-3-1-6(2-4-7)8(11)5-10(12)13/h1-4,8,11H,5H2/t8-/m0/s1. The molecule has 1 N–H and O–H groups in total. The minimum Gasteiger partial charge on any atom is -0.382 e. The molecule has 0 amide bonds. The summed E-state index contributed by atoms with van der Waals surface area (Å²) in [5.74, 6) is -0.433. The van der Waals surface area contributed by atoms with Crippen LogP contribution in [0.15, 0.2) is 24.3 Å². The maximum absolute atomic E-state index is 12.4. The molecule has 0 aliphatic heterocycles.